The Balaban J connectivity index is 4.07. The topological polar surface area (TPSA) is 26.3 Å². The lowest BCUT2D eigenvalue weighted by Crippen LogP contribution is -1.92. The Hall–Kier alpha value is 0.210. The maximum atomic E-state index is 10.7. The van der Waals surface area contributed by atoms with Crippen LogP contribution in [0.3, 0.4) is 0 Å². The average molecular weight is 238 g/mol. The minimum atomic E-state index is -1.29. The summed E-state index contributed by atoms with van der Waals surface area (Å²) in [5.74, 6) is -0.318. The third-order valence-electron chi connectivity index (χ3n) is 1.62. The molecule has 0 aromatic heterocycles. The van der Waals surface area contributed by atoms with Gasteiger partial charge in [0.2, 0.25) is 0 Å². The van der Waals surface area contributed by atoms with E-state index in [-0.39, 0.29) is 5.97 Å². The molecule has 13 heavy (non-hydrogen) atoms. The number of hydrogen-bond donors (Lipinski definition) is 0. The standard InChI is InChI=1S/C8H15O2PS2/c1-4-11(12,5-2)13-7-6-8(9)10-3/h6-7H,4-5H2,1-3H3/b7-6-. The largest absolute Gasteiger partial charge is 0.466 e. The highest BCUT2D eigenvalue weighted by atomic mass is 32.9. The number of ether oxygens (including phenoxy) is 1. The van der Waals surface area contributed by atoms with E-state index in [1.807, 2.05) is 0 Å². The van der Waals surface area contributed by atoms with E-state index in [0.29, 0.717) is 0 Å². The molecule has 0 spiro atoms. The van der Waals surface area contributed by atoms with Crippen LogP contribution >= 0.6 is 16.6 Å². The van der Waals surface area contributed by atoms with Crippen molar-refractivity contribution < 1.29 is 9.53 Å². The summed E-state index contributed by atoms with van der Waals surface area (Å²) in [7, 11) is 1.37. The highest BCUT2D eigenvalue weighted by Gasteiger charge is 2.10. The maximum Gasteiger partial charge on any atom is 0.330 e. The summed E-state index contributed by atoms with van der Waals surface area (Å²) in [4.78, 5) is 10.7. The minimum Gasteiger partial charge on any atom is -0.466 e. The van der Waals surface area contributed by atoms with Crippen LogP contribution in [-0.2, 0) is 21.3 Å². The summed E-state index contributed by atoms with van der Waals surface area (Å²) in [6.45, 7) is 4.20. The van der Waals surface area contributed by atoms with Gasteiger partial charge in [-0.2, -0.15) is 0 Å². The molecule has 2 nitrogen and oxygen atoms in total. The van der Waals surface area contributed by atoms with Gasteiger partial charge in [0, 0.05) is 11.3 Å². The first-order chi connectivity index (χ1) is 6.08. The van der Waals surface area contributed by atoms with Crippen LogP contribution < -0.4 is 0 Å². The predicted octanol–water partition coefficient (Wildman–Crippen LogP) is 2.84. The number of methoxy groups -OCH3 is 1. The van der Waals surface area contributed by atoms with E-state index in [1.54, 1.807) is 16.8 Å². The smallest absolute Gasteiger partial charge is 0.330 e. The molecule has 0 amide bonds. The van der Waals surface area contributed by atoms with Crippen LogP contribution in [-0.4, -0.2) is 25.4 Å². The maximum absolute atomic E-state index is 10.7. The Morgan fingerprint density at radius 3 is 2.46 bits per heavy atom. The Morgan fingerprint density at radius 2 is 2.08 bits per heavy atom. The number of esters is 1. The van der Waals surface area contributed by atoms with Crippen LogP contribution in [0.5, 0.6) is 0 Å². The van der Waals surface area contributed by atoms with E-state index in [2.05, 4.69) is 18.6 Å². The van der Waals surface area contributed by atoms with Crippen LogP contribution in [0.2, 0.25) is 0 Å². The molecule has 0 bridgehead atoms. The molecule has 0 atom stereocenters. The second kappa shape index (κ2) is 6.63. The van der Waals surface area contributed by atoms with E-state index in [1.165, 1.54) is 13.2 Å². The van der Waals surface area contributed by atoms with Crippen molar-refractivity contribution >= 4 is 34.4 Å². The number of rotatable bonds is 5. The van der Waals surface area contributed by atoms with Gasteiger partial charge < -0.3 is 4.74 Å². The van der Waals surface area contributed by atoms with Crippen molar-refractivity contribution in [3.8, 4) is 0 Å². The highest BCUT2D eigenvalue weighted by Crippen LogP contribution is 2.58. The van der Waals surface area contributed by atoms with Crippen molar-refractivity contribution in [2.24, 2.45) is 0 Å². The molecule has 0 heterocycles. The van der Waals surface area contributed by atoms with Gasteiger partial charge in [0.1, 0.15) is 0 Å². The van der Waals surface area contributed by atoms with Gasteiger partial charge in [-0.05, 0) is 17.7 Å². The van der Waals surface area contributed by atoms with Gasteiger partial charge in [-0.25, -0.2) is 4.79 Å². The van der Waals surface area contributed by atoms with Gasteiger partial charge in [0.15, 0.2) is 0 Å². The molecule has 0 aromatic carbocycles. The van der Waals surface area contributed by atoms with E-state index in [0.717, 1.165) is 12.3 Å². The summed E-state index contributed by atoms with van der Waals surface area (Å²) in [5, 5.41) is 0.471. The predicted molar refractivity (Wildman–Crippen MR) is 64.1 cm³/mol. The molecule has 0 unspecified atom stereocenters. The molecule has 0 aliphatic carbocycles. The second-order valence-electron chi connectivity index (χ2n) is 2.38. The van der Waals surface area contributed by atoms with E-state index >= 15 is 0 Å². The molecule has 5 heteroatoms. The van der Waals surface area contributed by atoms with E-state index < -0.39 is 5.24 Å². The summed E-state index contributed by atoms with van der Waals surface area (Å²) in [6, 6.07) is 0. The van der Waals surface area contributed by atoms with Gasteiger partial charge >= 0.3 is 5.97 Å². The average Bonchev–Trinajstić information content (AvgIpc) is 2.17. The zero-order valence-corrected chi connectivity index (χ0v) is 10.7. The molecule has 76 valence electrons. The van der Waals surface area contributed by atoms with Crippen LogP contribution in [0, 0.1) is 0 Å². The van der Waals surface area contributed by atoms with E-state index in [4.69, 9.17) is 11.8 Å². The molecule has 0 aliphatic rings. The molecule has 0 fully saturated rings. The second-order valence-corrected chi connectivity index (χ2v) is 11.3. The van der Waals surface area contributed by atoms with Gasteiger partial charge in [0.25, 0.3) is 0 Å². The van der Waals surface area contributed by atoms with Crippen molar-refractivity contribution in [3.63, 3.8) is 0 Å². The molecule has 0 saturated heterocycles. The third kappa shape index (κ3) is 5.50. The molecular weight excluding hydrogens is 223 g/mol. The summed E-state index contributed by atoms with van der Waals surface area (Å²) < 4.78 is 4.47. The Kier molecular flexibility index (Phi) is 6.74. The lowest BCUT2D eigenvalue weighted by molar-refractivity contribution is -0.134. The summed E-state index contributed by atoms with van der Waals surface area (Å²) in [5.41, 5.74) is 0. The molecule has 0 N–H and O–H groups in total. The van der Waals surface area contributed by atoms with Gasteiger partial charge in [-0.3, -0.25) is 0 Å². The van der Waals surface area contributed by atoms with Gasteiger partial charge in [-0.1, -0.05) is 37.0 Å². The van der Waals surface area contributed by atoms with Crippen molar-refractivity contribution in [2.75, 3.05) is 19.4 Å². The van der Waals surface area contributed by atoms with Crippen LogP contribution in [0.15, 0.2) is 11.5 Å². The number of hydrogen-bond acceptors (Lipinski definition) is 4. The van der Waals surface area contributed by atoms with Crippen LogP contribution in [0.1, 0.15) is 13.8 Å². The van der Waals surface area contributed by atoms with Gasteiger partial charge in [0.05, 0.1) is 7.11 Å². The first kappa shape index (κ1) is 13.2. The monoisotopic (exact) mass is 238 g/mol. The normalized spacial score (nSPS) is 11.9. The van der Waals surface area contributed by atoms with Gasteiger partial charge in [-0.15, -0.1) is 0 Å². The lowest BCUT2D eigenvalue weighted by atomic mass is 10.7. The molecule has 0 radical (unpaired) electrons. The first-order valence-electron chi connectivity index (χ1n) is 4.09. The fraction of sp³-hybridized carbons (Fsp3) is 0.625. The van der Waals surface area contributed by atoms with Crippen molar-refractivity contribution in [1.82, 2.24) is 0 Å². The summed E-state index contributed by atoms with van der Waals surface area (Å²) in [6.07, 6.45) is 3.47. The Bertz CT molecular complexity index is 230. The number of carbonyl (C=O) groups excluding carboxylic acids is 1. The van der Waals surface area contributed by atoms with Crippen LogP contribution in [0.4, 0.5) is 0 Å². The molecule has 0 aromatic rings. The molecule has 0 rings (SSSR count). The fourth-order valence-corrected chi connectivity index (χ4v) is 3.97. The van der Waals surface area contributed by atoms with Crippen molar-refractivity contribution in [1.29, 1.82) is 0 Å². The molecule has 0 aliphatic heterocycles. The lowest BCUT2D eigenvalue weighted by Gasteiger charge is -2.13. The summed E-state index contributed by atoms with van der Waals surface area (Å²) >= 11 is 7.08. The first-order valence-corrected chi connectivity index (χ1v) is 8.74. The third-order valence-corrected chi connectivity index (χ3v) is 9.58. The van der Waals surface area contributed by atoms with E-state index in [9.17, 15) is 4.79 Å². The van der Waals surface area contributed by atoms with Crippen molar-refractivity contribution in [3.05, 3.63) is 11.5 Å². The zero-order chi connectivity index (χ0) is 10.3. The Labute approximate surface area is 88.9 Å². The number of carbonyl (C=O) groups is 1. The molecular formula is C8H15O2PS2. The quantitative estimate of drug-likeness (QED) is 0.418. The van der Waals surface area contributed by atoms with Crippen LogP contribution in [0.25, 0.3) is 0 Å². The molecule has 0 saturated carbocycles. The minimum absolute atomic E-state index is 0.318. The highest BCUT2D eigenvalue weighted by molar-refractivity contribution is 8.72. The fourth-order valence-electron chi connectivity index (χ4n) is 0.638. The Morgan fingerprint density at radius 1 is 1.54 bits per heavy atom. The van der Waals surface area contributed by atoms with Crippen molar-refractivity contribution in [2.45, 2.75) is 13.8 Å². The zero-order valence-electron chi connectivity index (χ0n) is 8.15. The SMILES string of the molecule is CCP(=S)(CC)S/C=C\C(=O)OC.